The molecule has 182 valence electrons. The highest BCUT2D eigenvalue weighted by molar-refractivity contribution is 6.48. The van der Waals surface area contributed by atoms with Crippen molar-refractivity contribution in [2.75, 3.05) is 6.61 Å². The molecule has 0 saturated heterocycles. The molecule has 5 nitrogen and oxygen atoms in total. The van der Waals surface area contributed by atoms with Gasteiger partial charge in [-0.2, -0.15) is 0 Å². The molecule has 0 radical (unpaired) electrons. The maximum atomic E-state index is 15.2. The van der Waals surface area contributed by atoms with Crippen LogP contribution in [0.15, 0.2) is 47.4 Å². The average Bonchev–Trinajstić information content (AvgIpc) is 2.77. The number of carbonyl (C=O) groups is 1. The molecule has 2 aromatic carbocycles. The molecule has 0 aliphatic heterocycles. The van der Waals surface area contributed by atoms with Crippen molar-refractivity contribution in [1.82, 2.24) is 4.57 Å². The minimum absolute atomic E-state index is 0.0405. The number of pyridine rings is 1. The Morgan fingerprint density at radius 2 is 1.76 bits per heavy atom. The molecule has 0 spiro atoms. The lowest BCUT2D eigenvalue weighted by Crippen LogP contribution is -2.25. The van der Waals surface area contributed by atoms with E-state index in [9.17, 15) is 9.59 Å². The monoisotopic (exact) mass is 483 g/mol. The Balaban J connectivity index is 2.10. The molecule has 3 aromatic rings. The lowest BCUT2D eigenvalue weighted by Gasteiger charge is -2.33. The van der Waals surface area contributed by atoms with E-state index in [2.05, 4.69) is 33.9 Å². The van der Waals surface area contributed by atoms with Crippen molar-refractivity contribution in [3.8, 4) is 11.1 Å². The Hall–Kier alpha value is -2.77. The zero-order chi connectivity index (χ0) is 25.2. The van der Waals surface area contributed by atoms with Crippen molar-refractivity contribution >= 4 is 25.9 Å². The summed E-state index contributed by atoms with van der Waals surface area (Å²) >= 11 is 0. The highest BCUT2D eigenvalue weighted by Crippen LogP contribution is 2.37. The van der Waals surface area contributed by atoms with Gasteiger partial charge in [0.1, 0.15) is 11.4 Å². The van der Waals surface area contributed by atoms with E-state index in [4.69, 9.17) is 9.16 Å². The maximum Gasteiger partial charge on any atom is 0.343 e. The molecule has 1 atom stereocenters. The van der Waals surface area contributed by atoms with E-state index in [0.717, 1.165) is 5.56 Å². The summed E-state index contributed by atoms with van der Waals surface area (Å²) in [6.07, 6.45) is 1.45. The summed E-state index contributed by atoms with van der Waals surface area (Å²) in [5.41, 5.74) is 2.06. The number of hydrogen-bond acceptors (Lipinski definition) is 4. The van der Waals surface area contributed by atoms with Crippen LogP contribution < -0.4 is 5.43 Å². The number of ether oxygens (including phenoxy) is 1. The normalized spacial score (nSPS) is 12.9. The van der Waals surface area contributed by atoms with Crippen molar-refractivity contribution < 1.29 is 18.3 Å². The van der Waals surface area contributed by atoms with Gasteiger partial charge in [0.2, 0.25) is 5.43 Å². The fourth-order valence-electron chi connectivity index (χ4n) is 4.14. The molecule has 0 aliphatic carbocycles. The number of nitrogens with zero attached hydrogens (tertiary/aromatic N) is 1. The molecule has 0 amide bonds. The topological polar surface area (TPSA) is 57.5 Å². The minimum Gasteiger partial charge on any atom is -0.462 e. The van der Waals surface area contributed by atoms with Crippen LogP contribution in [0, 0.1) is 11.2 Å². The maximum absolute atomic E-state index is 15.2. The van der Waals surface area contributed by atoms with E-state index in [1.165, 1.54) is 12.3 Å². The van der Waals surface area contributed by atoms with Gasteiger partial charge in [0.05, 0.1) is 18.2 Å². The number of aryl methyl sites for hydroxylation is 1. The van der Waals surface area contributed by atoms with Gasteiger partial charge in [-0.25, -0.2) is 9.18 Å². The van der Waals surface area contributed by atoms with Crippen molar-refractivity contribution in [3.05, 3.63) is 69.8 Å². The highest BCUT2D eigenvalue weighted by Gasteiger charge is 2.28. The Labute approximate surface area is 202 Å². The second kappa shape index (κ2) is 10.2. The van der Waals surface area contributed by atoms with Crippen LogP contribution in [0.25, 0.3) is 22.0 Å². The van der Waals surface area contributed by atoms with Crippen molar-refractivity contribution in [2.45, 2.75) is 60.4 Å². The van der Waals surface area contributed by atoms with Gasteiger partial charge in [-0.15, -0.1) is 0 Å². The third-order valence-corrected chi connectivity index (χ3v) is 6.54. The van der Waals surface area contributed by atoms with Crippen molar-refractivity contribution in [2.24, 2.45) is 5.41 Å². The molecule has 0 aliphatic rings. The molecule has 0 N–H and O–H groups in total. The molecule has 3 rings (SSSR count). The molecule has 1 unspecified atom stereocenters. The summed E-state index contributed by atoms with van der Waals surface area (Å²) in [5.74, 6) is -1.21. The van der Waals surface area contributed by atoms with Crippen LogP contribution in [0.5, 0.6) is 0 Å². The van der Waals surface area contributed by atoms with Crippen molar-refractivity contribution in [1.29, 1.82) is 0 Å². The minimum atomic E-state index is -1.26. The summed E-state index contributed by atoms with van der Waals surface area (Å²) < 4.78 is 28.3. The average molecular weight is 484 g/mol. The van der Waals surface area contributed by atoms with Gasteiger partial charge in [0, 0.05) is 23.7 Å². The quantitative estimate of drug-likeness (QED) is 0.301. The van der Waals surface area contributed by atoms with Crippen LogP contribution in [-0.4, -0.2) is 26.2 Å². The van der Waals surface area contributed by atoms with Crippen LogP contribution in [0.4, 0.5) is 4.39 Å². The Kier molecular flexibility index (Phi) is 7.78. The van der Waals surface area contributed by atoms with Gasteiger partial charge in [0.25, 0.3) is 0 Å². The second-order valence-electron chi connectivity index (χ2n) is 9.78. The zero-order valence-corrected chi connectivity index (χ0v) is 22.2. The van der Waals surface area contributed by atoms with Gasteiger partial charge in [-0.05, 0) is 55.6 Å². The smallest absolute Gasteiger partial charge is 0.343 e. The molecule has 7 heteroatoms. The molecule has 0 fully saturated rings. The number of esters is 1. The predicted octanol–water partition coefficient (Wildman–Crippen LogP) is 6.09. The largest absolute Gasteiger partial charge is 0.462 e. The fourth-order valence-corrected chi connectivity index (χ4v) is 5.25. The zero-order valence-electron chi connectivity index (χ0n) is 21.1. The molecule has 0 bridgehead atoms. The fraction of sp³-hybridized carbons (Fsp3) is 0.407. The van der Waals surface area contributed by atoms with E-state index in [-0.39, 0.29) is 29.1 Å². The highest BCUT2D eigenvalue weighted by atomic mass is 28.3. The van der Waals surface area contributed by atoms with Gasteiger partial charge >= 0.3 is 5.97 Å². The summed E-state index contributed by atoms with van der Waals surface area (Å²) in [6, 6.07) is 10.7. The second-order valence-corrected chi connectivity index (χ2v) is 12.2. The van der Waals surface area contributed by atoms with Crippen LogP contribution in [-0.2, 0) is 15.7 Å². The molecule has 34 heavy (non-hydrogen) atoms. The molecule has 0 saturated carbocycles. The SMILES string of the molecule is CCOC(=O)c1cn(CC)c2cc(-c3ccc(C(O[SiH](C)C)C(C)(C)C)cc3)c(F)cc2c1=O. The van der Waals surface area contributed by atoms with E-state index in [1.54, 1.807) is 17.6 Å². The molecular weight excluding hydrogens is 449 g/mol. The third-order valence-electron chi connectivity index (χ3n) is 5.72. The van der Waals surface area contributed by atoms with Crippen molar-refractivity contribution in [3.63, 3.8) is 0 Å². The third kappa shape index (κ3) is 5.31. The Bertz CT molecular complexity index is 1240. The Morgan fingerprint density at radius 1 is 1.12 bits per heavy atom. The Morgan fingerprint density at radius 3 is 2.29 bits per heavy atom. The molecule has 1 aromatic heterocycles. The van der Waals surface area contributed by atoms with Crippen LogP contribution in [0.2, 0.25) is 13.1 Å². The number of fused-ring (bicyclic) bond motifs is 1. The van der Waals surface area contributed by atoms with Crippen LogP contribution in [0.3, 0.4) is 0 Å². The van der Waals surface area contributed by atoms with Gasteiger partial charge in [-0.1, -0.05) is 45.0 Å². The number of benzene rings is 2. The molecular formula is C27H34FNO4Si. The first-order chi connectivity index (χ1) is 16.0. The standard InChI is InChI=1S/C27H34FNO4Si/c1-8-29-16-21(26(31)32-9-2)24(30)20-14-22(28)19(15-23(20)29)17-10-12-18(13-11-17)25(27(3,4)5)33-34(6)7/h10-16,25,34H,8-9H2,1-7H3. The number of carbonyl (C=O) groups excluding carboxylic acids is 1. The molecule has 1 heterocycles. The first kappa shape index (κ1) is 25.8. The first-order valence-electron chi connectivity index (χ1n) is 11.8. The number of halogens is 1. The summed E-state index contributed by atoms with van der Waals surface area (Å²) in [5, 5.41) is 0.161. The summed E-state index contributed by atoms with van der Waals surface area (Å²) in [7, 11) is -1.26. The first-order valence-corrected chi connectivity index (χ1v) is 14.6. The van der Waals surface area contributed by atoms with Gasteiger partial charge < -0.3 is 13.7 Å². The van der Waals surface area contributed by atoms with Gasteiger partial charge in [-0.3, -0.25) is 4.79 Å². The van der Waals surface area contributed by atoms with E-state index < -0.39 is 26.3 Å². The van der Waals surface area contributed by atoms with E-state index in [1.807, 2.05) is 31.2 Å². The predicted molar refractivity (Wildman–Crippen MR) is 137 cm³/mol. The van der Waals surface area contributed by atoms with Crippen LogP contribution >= 0.6 is 0 Å². The number of aromatic nitrogens is 1. The van der Waals surface area contributed by atoms with E-state index >= 15 is 4.39 Å². The van der Waals surface area contributed by atoms with Gasteiger partial charge in [0.15, 0.2) is 9.04 Å². The summed E-state index contributed by atoms with van der Waals surface area (Å²) in [4.78, 5) is 25.2. The number of hydrogen-bond donors (Lipinski definition) is 0. The lowest BCUT2D eigenvalue weighted by molar-refractivity contribution is 0.0524. The number of rotatable bonds is 7. The van der Waals surface area contributed by atoms with E-state index in [0.29, 0.717) is 23.2 Å². The van der Waals surface area contributed by atoms with Crippen LogP contribution in [0.1, 0.15) is 56.6 Å². The lowest BCUT2D eigenvalue weighted by atomic mass is 9.84. The summed E-state index contributed by atoms with van der Waals surface area (Å²) in [6.45, 7) is 15.0.